The number of fused-ring (bicyclic) bond motifs is 1. The number of nitrogens with zero attached hydrogens (tertiary/aromatic N) is 4. The van der Waals surface area contributed by atoms with Crippen LogP contribution in [0.2, 0.25) is 5.02 Å². The highest BCUT2D eigenvalue weighted by atomic mass is 79.9. The molecule has 12 heteroatoms. The molecule has 0 saturated heterocycles. The minimum atomic E-state index is -2.57. The van der Waals surface area contributed by atoms with E-state index in [1.54, 1.807) is 23.9 Å². The highest BCUT2D eigenvalue weighted by molar-refractivity contribution is 9.10. The average Bonchev–Trinajstić information content (AvgIpc) is 3.32. The second kappa shape index (κ2) is 9.71. The standard InChI is InChI=1S/C22H25BrClF2N7O/c1-11(27)12-5-13(24)7-15(6-12)33-19-16(18(23)32-33)9-29-21(31-19)30-14-3-4-22(2,8-14)20(34)28-10-17(25)26/h5-7,9,11,14,17H,3-4,8,10,27H2,1-2H3,(H,28,34)(H,29,30,31)/t11?,14-,22-/m1/s1. The van der Waals surface area contributed by atoms with Crippen molar-refractivity contribution in [2.75, 3.05) is 11.9 Å². The first-order valence-corrected chi connectivity index (χ1v) is 12.0. The molecular weight excluding hydrogens is 532 g/mol. The van der Waals surface area contributed by atoms with Gasteiger partial charge in [0, 0.05) is 28.7 Å². The van der Waals surface area contributed by atoms with Gasteiger partial charge in [-0.05, 0) is 65.9 Å². The monoisotopic (exact) mass is 555 g/mol. The minimum absolute atomic E-state index is 0.0737. The number of aromatic nitrogens is 4. The summed E-state index contributed by atoms with van der Waals surface area (Å²) in [5.74, 6) is 0.0270. The Morgan fingerprint density at radius 1 is 1.41 bits per heavy atom. The quantitative estimate of drug-likeness (QED) is 0.392. The fourth-order valence-corrected chi connectivity index (χ4v) is 4.91. The molecule has 0 bridgehead atoms. The summed E-state index contributed by atoms with van der Waals surface area (Å²) in [4.78, 5) is 21.5. The molecule has 3 aromatic rings. The predicted octanol–water partition coefficient (Wildman–Crippen LogP) is 4.60. The Morgan fingerprint density at radius 3 is 2.88 bits per heavy atom. The molecule has 0 aliphatic heterocycles. The van der Waals surface area contributed by atoms with Gasteiger partial charge in [-0.25, -0.2) is 18.4 Å². The van der Waals surface area contributed by atoms with E-state index in [0.717, 1.165) is 10.9 Å². The summed E-state index contributed by atoms with van der Waals surface area (Å²) in [6.07, 6.45) is 0.844. The predicted molar refractivity (Wildman–Crippen MR) is 130 cm³/mol. The molecule has 182 valence electrons. The van der Waals surface area contributed by atoms with Gasteiger partial charge in [-0.2, -0.15) is 10.1 Å². The van der Waals surface area contributed by atoms with Crippen LogP contribution in [0.5, 0.6) is 0 Å². The fourth-order valence-electron chi connectivity index (χ4n) is 4.24. The van der Waals surface area contributed by atoms with Crippen LogP contribution in [-0.2, 0) is 4.79 Å². The van der Waals surface area contributed by atoms with Gasteiger partial charge < -0.3 is 16.4 Å². The number of carbonyl (C=O) groups excluding carboxylic acids is 1. The smallest absolute Gasteiger partial charge is 0.255 e. The number of halogens is 4. The van der Waals surface area contributed by atoms with Gasteiger partial charge in [0.2, 0.25) is 11.9 Å². The summed E-state index contributed by atoms with van der Waals surface area (Å²) in [6.45, 7) is 3.03. The maximum Gasteiger partial charge on any atom is 0.255 e. The number of rotatable bonds is 7. The number of nitrogens with one attached hydrogen (secondary N) is 2. The van der Waals surface area contributed by atoms with Crippen molar-refractivity contribution in [3.8, 4) is 5.69 Å². The highest BCUT2D eigenvalue weighted by Crippen LogP contribution is 2.39. The van der Waals surface area contributed by atoms with Crippen molar-refractivity contribution in [1.29, 1.82) is 0 Å². The van der Waals surface area contributed by atoms with Crippen molar-refractivity contribution in [2.24, 2.45) is 11.1 Å². The molecule has 2 heterocycles. The van der Waals surface area contributed by atoms with Crippen LogP contribution in [0, 0.1) is 5.41 Å². The van der Waals surface area contributed by atoms with Crippen LogP contribution in [0.15, 0.2) is 29.0 Å². The zero-order valence-electron chi connectivity index (χ0n) is 18.7. The van der Waals surface area contributed by atoms with Gasteiger partial charge in [0.1, 0.15) is 4.60 Å². The second-order valence-corrected chi connectivity index (χ2v) is 10.1. The SMILES string of the molecule is CC(N)c1cc(Cl)cc(-n2nc(Br)c3cnc(N[C@@H]4CC[C@@](C)(C(=O)NCC(F)F)C4)nc32)c1. The van der Waals surface area contributed by atoms with Crippen molar-refractivity contribution in [1.82, 2.24) is 25.1 Å². The lowest BCUT2D eigenvalue weighted by Gasteiger charge is -2.23. The van der Waals surface area contributed by atoms with Crippen LogP contribution in [-0.4, -0.2) is 44.7 Å². The lowest BCUT2D eigenvalue weighted by atomic mass is 9.87. The van der Waals surface area contributed by atoms with Crippen molar-refractivity contribution in [3.63, 3.8) is 0 Å². The van der Waals surface area contributed by atoms with Crippen molar-refractivity contribution < 1.29 is 13.6 Å². The number of hydrogen-bond acceptors (Lipinski definition) is 6. The number of carbonyl (C=O) groups is 1. The van der Waals surface area contributed by atoms with E-state index in [2.05, 4.69) is 41.6 Å². The van der Waals surface area contributed by atoms with Crippen LogP contribution in [0.25, 0.3) is 16.7 Å². The summed E-state index contributed by atoms with van der Waals surface area (Å²) in [7, 11) is 0. The lowest BCUT2D eigenvalue weighted by molar-refractivity contribution is -0.130. The van der Waals surface area contributed by atoms with E-state index in [1.165, 1.54) is 0 Å². The molecule has 1 unspecified atom stereocenters. The normalized spacial score (nSPS) is 21.2. The summed E-state index contributed by atoms with van der Waals surface area (Å²) in [5.41, 5.74) is 7.46. The average molecular weight is 557 g/mol. The van der Waals surface area contributed by atoms with Gasteiger partial charge >= 0.3 is 0 Å². The lowest BCUT2D eigenvalue weighted by Crippen LogP contribution is -2.40. The number of benzene rings is 1. The Labute approximate surface area is 208 Å². The van der Waals surface area contributed by atoms with Crippen molar-refractivity contribution in [2.45, 2.75) is 51.6 Å². The molecule has 1 amide bonds. The Balaban J connectivity index is 1.58. The van der Waals surface area contributed by atoms with Gasteiger partial charge in [-0.3, -0.25) is 4.79 Å². The Bertz CT molecular complexity index is 1220. The van der Waals surface area contributed by atoms with Gasteiger partial charge in [-0.1, -0.05) is 18.5 Å². The molecular formula is C22H25BrClF2N7O. The molecule has 1 aromatic carbocycles. The number of nitrogens with two attached hydrogens (primary N) is 1. The topological polar surface area (TPSA) is 111 Å². The molecule has 1 fully saturated rings. The molecule has 4 N–H and O–H groups in total. The molecule has 2 aromatic heterocycles. The van der Waals surface area contributed by atoms with Gasteiger partial charge in [0.15, 0.2) is 5.65 Å². The fraction of sp³-hybridized carbons (Fsp3) is 0.455. The van der Waals surface area contributed by atoms with E-state index in [1.807, 2.05) is 19.1 Å². The molecule has 3 atom stereocenters. The first-order valence-electron chi connectivity index (χ1n) is 10.9. The van der Waals surface area contributed by atoms with E-state index < -0.39 is 18.4 Å². The second-order valence-electron chi connectivity index (χ2n) is 8.91. The van der Waals surface area contributed by atoms with E-state index in [-0.39, 0.29) is 18.0 Å². The summed E-state index contributed by atoms with van der Waals surface area (Å²) in [5, 5.41) is 11.4. The molecule has 1 aliphatic carbocycles. The van der Waals surface area contributed by atoms with E-state index >= 15 is 0 Å². The Kier molecular flexibility index (Phi) is 7.07. The summed E-state index contributed by atoms with van der Waals surface area (Å²) < 4.78 is 27.2. The first kappa shape index (κ1) is 24.7. The van der Waals surface area contributed by atoms with Crippen LogP contribution in [0.3, 0.4) is 0 Å². The van der Waals surface area contributed by atoms with E-state index in [9.17, 15) is 13.6 Å². The van der Waals surface area contributed by atoms with Crippen molar-refractivity contribution in [3.05, 3.63) is 39.6 Å². The zero-order chi connectivity index (χ0) is 24.6. The number of amides is 1. The molecule has 34 heavy (non-hydrogen) atoms. The van der Waals surface area contributed by atoms with E-state index in [0.29, 0.717) is 46.2 Å². The van der Waals surface area contributed by atoms with Crippen LogP contribution < -0.4 is 16.4 Å². The Hall–Kier alpha value is -2.37. The third-order valence-electron chi connectivity index (χ3n) is 6.09. The summed E-state index contributed by atoms with van der Waals surface area (Å²) >= 11 is 9.77. The van der Waals surface area contributed by atoms with Gasteiger partial charge in [0.25, 0.3) is 6.43 Å². The molecule has 4 rings (SSSR count). The summed E-state index contributed by atoms with van der Waals surface area (Å²) in [6, 6.07) is 5.22. The van der Waals surface area contributed by atoms with Crippen LogP contribution >= 0.6 is 27.5 Å². The first-order chi connectivity index (χ1) is 16.1. The maximum absolute atomic E-state index is 12.5. The third-order valence-corrected chi connectivity index (χ3v) is 6.90. The Morgan fingerprint density at radius 2 is 2.18 bits per heavy atom. The van der Waals surface area contributed by atoms with Crippen LogP contribution in [0.4, 0.5) is 14.7 Å². The highest BCUT2D eigenvalue weighted by Gasteiger charge is 2.41. The largest absolute Gasteiger partial charge is 0.351 e. The molecule has 1 saturated carbocycles. The van der Waals surface area contributed by atoms with Crippen molar-refractivity contribution >= 4 is 50.4 Å². The zero-order valence-corrected chi connectivity index (χ0v) is 21.0. The van der Waals surface area contributed by atoms with Crippen LogP contribution in [0.1, 0.15) is 44.7 Å². The van der Waals surface area contributed by atoms with Gasteiger partial charge in [-0.15, -0.1) is 0 Å². The third kappa shape index (κ3) is 5.16. The van der Waals surface area contributed by atoms with E-state index in [4.69, 9.17) is 17.3 Å². The minimum Gasteiger partial charge on any atom is -0.351 e. The maximum atomic E-state index is 12.5. The number of hydrogen-bond donors (Lipinski definition) is 3. The number of alkyl halides is 2. The molecule has 8 nitrogen and oxygen atoms in total. The molecule has 1 aliphatic rings. The number of anilines is 1. The molecule has 0 spiro atoms. The van der Waals surface area contributed by atoms with Gasteiger partial charge in [0.05, 0.1) is 17.6 Å². The molecule has 0 radical (unpaired) electrons.